The summed E-state index contributed by atoms with van der Waals surface area (Å²) in [5.41, 5.74) is 2.88. The maximum atomic E-state index is 11.9. The van der Waals surface area contributed by atoms with Gasteiger partial charge in [0.2, 0.25) is 0 Å². The average molecular weight is 313 g/mol. The molecule has 0 aliphatic heterocycles. The second-order valence-electron chi connectivity index (χ2n) is 4.42. The van der Waals surface area contributed by atoms with Crippen LogP contribution in [0.25, 0.3) is 0 Å². The van der Waals surface area contributed by atoms with Gasteiger partial charge in [-0.2, -0.15) is 5.48 Å². The van der Waals surface area contributed by atoms with Crippen molar-refractivity contribution >= 4 is 29.4 Å². The van der Waals surface area contributed by atoms with Crippen molar-refractivity contribution in [2.75, 3.05) is 0 Å². The molecule has 114 valence electrons. The van der Waals surface area contributed by atoms with Gasteiger partial charge in [0.1, 0.15) is 0 Å². The second kappa shape index (κ2) is 8.26. The fourth-order valence-electron chi connectivity index (χ4n) is 1.67. The summed E-state index contributed by atoms with van der Waals surface area (Å²) < 4.78 is 0. The van der Waals surface area contributed by atoms with Crippen molar-refractivity contribution in [3.8, 4) is 0 Å². The molecule has 0 heterocycles. The number of carbonyl (C=O) groups is 3. The number of nitrogens with one attached hydrogen (secondary N) is 1. The Labute approximate surface area is 127 Å². The maximum absolute atomic E-state index is 11.9. The van der Waals surface area contributed by atoms with Crippen molar-refractivity contribution in [3.63, 3.8) is 0 Å². The number of benzene rings is 1. The van der Waals surface area contributed by atoms with Crippen molar-refractivity contribution in [3.05, 3.63) is 34.9 Å². The van der Waals surface area contributed by atoms with E-state index in [0.717, 1.165) is 5.56 Å². The van der Waals surface area contributed by atoms with Crippen molar-refractivity contribution in [2.24, 2.45) is 5.92 Å². The minimum Gasteiger partial charge on any atom is -0.550 e. The summed E-state index contributed by atoms with van der Waals surface area (Å²) in [5.74, 6) is -3.53. The molecule has 1 aromatic carbocycles. The maximum Gasteiger partial charge on any atom is 0.337 e. The topological polar surface area (TPSA) is 95.5 Å². The lowest BCUT2D eigenvalue weighted by Gasteiger charge is -2.14. The number of amides is 1. The monoisotopic (exact) mass is 312 g/mol. The molecule has 0 spiro atoms. The van der Waals surface area contributed by atoms with Crippen LogP contribution in [0.3, 0.4) is 0 Å². The van der Waals surface area contributed by atoms with Gasteiger partial charge in [-0.05, 0) is 30.5 Å². The molecule has 21 heavy (non-hydrogen) atoms. The highest BCUT2D eigenvalue weighted by Gasteiger charge is 2.18. The molecule has 0 radical (unpaired) electrons. The zero-order valence-corrected chi connectivity index (χ0v) is 12.2. The Morgan fingerprint density at radius 2 is 1.90 bits per heavy atom. The molecule has 1 rings (SSSR count). The molecule has 0 saturated heterocycles. The van der Waals surface area contributed by atoms with E-state index in [0.29, 0.717) is 17.9 Å². The van der Waals surface area contributed by atoms with Gasteiger partial charge < -0.3 is 14.7 Å². The van der Waals surface area contributed by atoms with E-state index in [4.69, 9.17) is 11.6 Å². The Hall–Kier alpha value is -2.08. The molecule has 1 atom stereocenters. The highest BCUT2D eigenvalue weighted by molar-refractivity contribution is 6.30. The molecule has 0 saturated carbocycles. The Bertz CT molecular complexity index is 515. The van der Waals surface area contributed by atoms with E-state index in [1.807, 2.05) is 12.4 Å². The summed E-state index contributed by atoms with van der Waals surface area (Å²) in [4.78, 5) is 37.4. The minimum atomic E-state index is -1.57. The fourth-order valence-corrected chi connectivity index (χ4v) is 1.80. The molecular weight excluding hydrogens is 298 g/mol. The number of carbonyl (C=O) groups excluding carboxylic acids is 3. The smallest absolute Gasteiger partial charge is 0.337 e. The van der Waals surface area contributed by atoms with Crippen LogP contribution in [0.15, 0.2) is 24.3 Å². The highest BCUT2D eigenvalue weighted by atomic mass is 35.5. The largest absolute Gasteiger partial charge is 0.550 e. The number of aliphatic carboxylic acids is 1. The van der Waals surface area contributed by atoms with Gasteiger partial charge in [0.15, 0.2) is 0 Å². The number of hydrogen-bond acceptors (Lipinski definition) is 5. The van der Waals surface area contributed by atoms with Crippen molar-refractivity contribution in [1.82, 2.24) is 5.48 Å². The molecule has 1 unspecified atom stereocenters. The lowest BCUT2D eigenvalue weighted by atomic mass is 9.96. The van der Waals surface area contributed by atoms with Crippen LogP contribution in [0.5, 0.6) is 0 Å². The number of halogens is 1. The molecule has 0 aliphatic rings. The standard InChI is InChI=1S/C14H16ClNO5/c1-2-10(7-9-3-5-11(15)6-4-9)14(20)16-21-13(19)8-12(17)18/h3-6,10H,2,7-8H2,1H3,(H,16,20)(H,17,18)/p-1. The average Bonchev–Trinajstić information content (AvgIpc) is 2.43. The van der Waals surface area contributed by atoms with Crippen LogP contribution in [0, 0.1) is 5.92 Å². The predicted octanol–water partition coefficient (Wildman–Crippen LogP) is 0.623. The van der Waals surface area contributed by atoms with Gasteiger partial charge in [0, 0.05) is 10.9 Å². The van der Waals surface area contributed by atoms with E-state index < -0.39 is 30.2 Å². The van der Waals surface area contributed by atoms with Gasteiger partial charge >= 0.3 is 5.97 Å². The van der Waals surface area contributed by atoms with E-state index in [2.05, 4.69) is 4.84 Å². The van der Waals surface area contributed by atoms with Crippen LogP contribution in [-0.4, -0.2) is 17.8 Å². The molecule has 0 aliphatic carbocycles. The number of hydroxylamine groups is 1. The predicted molar refractivity (Wildman–Crippen MR) is 72.8 cm³/mol. The number of carboxylic acids is 1. The van der Waals surface area contributed by atoms with Crippen LogP contribution in [0.2, 0.25) is 5.02 Å². The first-order chi connectivity index (χ1) is 9.92. The van der Waals surface area contributed by atoms with E-state index in [1.165, 1.54) is 0 Å². The van der Waals surface area contributed by atoms with Gasteiger partial charge in [-0.25, -0.2) is 4.79 Å². The van der Waals surface area contributed by atoms with Crippen LogP contribution >= 0.6 is 11.6 Å². The number of carboxylic acid groups (broad SMARTS) is 1. The summed E-state index contributed by atoms with van der Waals surface area (Å²) in [6, 6.07) is 7.06. The van der Waals surface area contributed by atoms with Gasteiger partial charge in [0.25, 0.3) is 5.91 Å². The highest BCUT2D eigenvalue weighted by Crippen LogP contribution is 2.15. The molecule has 1 amide bonds. The third kappa shape index (κ3) is 6.27. The van der Waals surface area contributed by atoms with Crippen LogP contribution < -0.4 is 10.6 Å². The zero-order valence-electron chi connectivity index (χ0n) is 11.4. The second-order valence-corrected chi connectivity index (χ2v) is 4.86. The van der Waals surface area contributed by atoms with Crippen LogP contribution in [0.4, 0.5) is 0 Å². The molecule has 0 fully saturated rings. The lowest BCUT2D eigenvalue weighted by molar-refractivity contribution is -0.305. The third-order valence-electron chi connectivity index (χ3n) is 2.81. The van der Waals surface area contributed by atoms with E-state index in [-0.39, 0.29) is 0 Å². The van der Waals surface area contributed by atoms with E-state index in [9.17, 15) is 19.5 Å². The van der Waals surface area contributed by atoms with Gasteiger partial charge in [0.05, 0.1) is 12.4 Å². The molecular formula is C14H15ClNO5-. The zero-order chi connectivity index (χ0) is 15.8. The third-order valence-corrected chi connectivity index (χ3v) is 3.07. The normalized spacial score (nSPS) is 11.5. The Morgan fingerprint density at radius 1 is 1.29 bits per heavy atom. The summed E-state index contributed by atoms with van der Waals surface area (Å²) in [6.07, 6.45) is 0.0816. The Morgan fingerprint density at radius 3 is 2.43 bits per heavy atom. The number of hydrogen-bond donors (Lipinski definition) is 1. The molecule has 6 nitrogen and oxygen atoms in total. The Balaban J connectivity index is 2.51. The Kier molecular flexibility index (Phi) is 6.68. The molecule has 0 bridgehead atoms. The van der Waals surface area contributed by atoms with Crippen molar-refractivity contribution < 1.29 is 24.3 Å². The molecule has 7 heteroatoms. The molecule has 1 N–H and O–H groups in total. The SMILES string of the molecule is CCC(Cc1ccc(Cl)cc1)C(=O)NOC(=O)CC(=O)[O-]. The lowest BCUT2D eigenvalue weighted by Crippen LogP contribution is -2.35. The first kappa shape index (κ1) is 17.0. The van der Waals surface area contributed by atoms with E-state index in [1.54, 1.807) is 24.3 Å². The van der Waals surface area contributed by atoms with Crippen molar-refractivity contribution in [1.29, 1.82) is 0 Å². The molecule has 0 aromatic heterocycles. The summed E-state index contributed by atoms with van der Waals surface area (Å²) in [6.45, 7) is 1.82. The van der Waals surface area contributed by atoms with Gasteiger partial charge in [-0.15, -0.1) is 0 Å². The van der Waals surface area contributed by atoms with Crippen LogP contribution in [-0.2, 0) is 25.6 Å². The summed E-state index contributed by atoms with van der Waals surface area (Å²) in [5, 5.41) is 10.8. The van der Waals surface area contributed by atoms with Crippen LogP contribution in [0.1, 0.15) is 25.3 Å². The fraction of sp³-hybridized carbons (Fsp3) is 0.357. The molecule has 1 aromatic rings. The first-order valence-corrected chi connectivity index (χ1v) is 6.74. The number of rotatable bonds is 6. The van der Waals surface area contributed by atoms with Gasteiger partial charge in [-0.1, -0.05) is 30.7 Å². The summed E-state index contributed by atoms with van der Waals surface area (Å²) >= 11 is 5.78. The minimum absolute atomic E-state index is 0.401. The first-order valence-electron chi connectivity index (χ1n) is 6.36. The quantitative estimate of drug-likeness (QED) is 0.614. The summed E-state index contributed by atoms with van der Waals surface area (Å²) in [7, 11) is 0. The van der Waals surface area contributed by atoms with E-state index >= 15 is 0 Å². The van der Waals surface area contributed by atoms with Gasteiger partial charge in [-0.3, -0.25) is 4.79 Å². The van der Waals surface area contributed by atoms with Crippen molar-refractivity contribution in [2.45, 2.75) is 26.2 Å².